The van der Waals surface area contributed by atoms with Crippen LogP contribution in [0.2, 0.25) is 0 Å². The molecular weight excluding hydrogens is 174 g/mol. The van der Waals surface area contributed by atoms with Gasteiger partial charge in [0, 0.05) is 11.3 Å². The molecule has 0 amide bonds. The van der Waals surface area contributed by atoms with Crippen molar-refractivity contribution >= 4 is 5.82 Å². The van der Waals surface area contributed by atoms with Crippen LogP contribution in [0, 0.1) is 5.41 Å². The van der Waals surface area contributed by atoms with Crippen molar-refractivity contribution in [2.24, 2.45) is 5.41 Å². The standard InChI is InChI=1S/C11H21N3/c1-7(2)9-8(6-11(3,4)5)13-14-10(9)12/h7H,6H2,1-5H3,(H3,12,13,14). The van der Waals surface area contributed by atoms with Gasteiger partial charge in [-0.05, 0) is 17.8 Å². The number of hydrogen-bond acceptors (Lipinski definition) is 2. The van der Waals surface area contributed by atoms with Crippen molar-refractivity contribution < 1.29 is 0 Å². The lowest BCUT2D eigenvalue weighted by Crippen LogP contribution is -2.11. The summed E-state index contributed by atoms with van der Waals surface area (Å²) in [4.78, 5) is 0. The first-order chi connectivity index (χ1) is 6.31. The van der Waals surface area contributed by atoms with Gasteiger partial charge in [-0.15, -0.1) is 0 Å². The molecule has 0 atom stereocenters. The Morgan fingerprint density at radius 2 is 1.93 bits per heavy atom. The van der Waals surface area contributed by atoms with Gasteiger partial charge >= 0.3 is 0 Å². The third-order valence-corrected chi connectivity index (χ3v) is 2.20. The van der Waals surface area contributed by atoms with E-state index in [1.54, 1.807) is 0 Å². The summed E-state index contributed by atoms with van der Waals surface area (Å²) in [6, 6.07) is 0. The number of nitrogen functional groups attached to an aromatic ring is 1. The molecule has 0 aliphatic carbocycles. The summed E-state index contributed by atoms with van der Waals surface area (Å²) in [5.74, 6) is 1.09. The third kappa shape index (κ3) is 2.50. The van der Waals surface area contributed by atoms with Crippen molar-refractivity contribution in [3.8, 4) is 0 Å². The summed E-state index contributed by atoms with van der Waals surface area (Å²) in [6.45, 7) is 10.9. The Morgan fingerprint density at radius 1 is 1.36 bits per heavy atom. The molecule has 0 unspecified atom stereocenters. The van der Waals surface area contributed by atoms with Crippen molar-refractivity contribution in [3.05, 3.63) is 11.3 Å². The lowest BCUT2D eigenvalue weighted by Gasteiger charge is -2.18. The Kier molecular flexibility index (Phi) is 2.88. The van der Waals surface area contributed by atoms with Crippen LogP contribution in [0.4, 0.5) is 5.82 Å². The Hall–Kier alpha value is -0.990. The summed E-state index contributed by atoms with van der Waals surface area (Å²) in [6.07, 6.45) is 0.991. The minimum Gasteiger partial charge on any atom is -0.382 e. The van der Waals surface area contributed by atoms with Crippen LogP contribution in [0.25, 0.3) is 0 Å². The van der Waals surface area contributed by atoms with Crippen molar-refractivity contribution in [3.63, 3.8) is 0 Å². The number of anilines is 1. The first-order valence-corrected chi connectivity index (χ1v) is 5.14. The maximum Gasteiger partial charge on any atom is 0.148 e. The molecule has 0 saturated heterocycles. The van der Waals surface area contributed by atoms with E-state index in [-0.39, 0.29) is 5.41 Å². The average molecular weight is 195 g/mol. The fraction of sp³-hybridized carbons (Fsp3) is 0.727. The molecule has 3 N–H and O–H groups in total. The zero-order chi connectivity index (χ0) is 10.9. The van der Waals surface area contributed by atoms with E-state index in [0.29, 0.717) is 11.7 Å². The monoisotopic (exact) mass is 195 g/mol. The summed E-state index contributed by atoms with van der Waals surface area (Å²) in [7, 11) is 0. The Bertz CT molecular complexity index is 305. The Labute approximate surface area is 86.1 Å². The number of nitrogens with two attached hydrogens (primary N) is 1. The highest BCUT2D eigenvalue weighted by atomic mass is 15.2. The summed E-state index contributed by atoms with van der Waals surface area (Å²) < 4.78 is 0. The second-order valence-corrected chi connectivity index (χ2v) is 5.39. The first kappa shape index (κ1) is 11.1. The van der Waals surface area contributed by atoms with Crippen molar-refractivity contribution in [1.29, 1.82) is 0 Å². The number of aromatic nitrogens is 2. The van der Waals surface area contributed by atoms with Crippen LogP contribution in [-0.2, 0) is 6.42 Å². The molecule has 0 aromatic carbocycles. The summed E-state index contributed by atoms with van der Waals surface area (Å²) in [5, 5.41) is 7.11. The fourth-order valence-electron chi connectivity index (χ4n) is 1.71. The van der Waals surface area contributed by atoms with Crippen molar-refractivity contribution in [2.45, 2.75) is 47.0 Å². The number of aromatic amines is 1. The molecular formula is C11H21N3. The highest BCUT2D eigenvalue weighted by Crippen LogP contribution is 2.28. The second-order valence-electron chi connectivity index (χ2n) is 5.39. The van der Waals surface area contributed by atoms with Crippen molar-refractivity contribution in [2.75, 3.05) is 5.73 Å². The van der Waals surface area contributed by atoms with Gasteiger partial charge in [0.25, 0.3) is 0 Å². The minimum atomic E-state index is 0.266. The van der Waals surface area contributed by atoms with Gasteiger partial charge in [-0.2, -0.15) is 5.10 Å². The molecule has 80 valence electrons. The highest BCUT2D eigenvalue weighted by Gasteiger charge is 2.19. The van der Waals surface area contributed by atoms with E-state index in [2.05, 4.69) is 44.8 Å². The van der Waals surface area contributed by atoms with Crippen LogP contribution in [0.5, 0.6) is 0 Å². The van der Waals surface area contributed by atoms with Gasteiger partial charge in [0.15, 0.2) is 0 Å². The van der Waals surface area contributed by atoms with Gasteiger partial charge in [0.1, 0.15) is 5.82 Å². The van der Waals surface area contributed by atoms with Crippen molar-refractivity contribution in [1.82, 2.24) is 10.2 Å². The van der Waals surface area contributed by atoms with Gasteiger partial charge < -0.3 is 5.73 Å². The molecule has 3 nitrogen and oxygen atoms in total. The molecule has 1 aromatic rings. The van der Waals surface area contributed by atoms with Gasteiger partial charge in [0.05, 0.1) is 0 Å². The number of hydrogen-bond donors (Lipinski definition) is 2. The van der Waals surface area contributed by atoms with Gasteiger partial charge in [-0.1, -0.05) is 34.6 Å². The number of H-pyrrole nitrogens is 1. The van der Waals surface area contributed by atoms with E-state index in [0.717, 1.165) is 6.42 Å². The lowest BCUT2D eigenvalue weighted by atomic mass is 9.87. The molecule has 1 rings (SSSR count). The molecule has 14 heavy (non-hydrogen) atoms. The molecule has 0 aliphatic heterocycles. The predicted molar refractivity (Wildman–Crippen MR) is 60.2 cm³/mol. The van der Waals surface area contributed by atoms with E-state index in [1.165, 1.54) is 11.3 Å². The van der Waals surface area contributed by atoms with Gasteiger partial charge in [0.2, 0.25) is 0 Å². The number of rotatable bonds is 2. The number of nitrogens with one attached hydrogen (secondary N) is 1. The largest absolute Gasteiger partial charge is 0.382 e. The molecule has 1 aromatic heterocycles. The summed E-state index contributed by atoms with van der Waals surface area (Å²) in [5.41, 5.74) is 8.45. The van der Waals surface area contributed by atoms with Crippen LogP contribution in [0.1, 0.15) is 51.8 Å². The Morgan fingerprint density at radius 3 is 2.36 bits per heavy atom. The minimum absolute atomic E-state index is 0.266. The zero-order valence-corrected chi connectivity index (χ0v) is 9.81. The quantitative estimate of drug-likeness (QED) is 0.762. The predicted octanol–water partition coefficient (Wildman–Crippen LogP) is 2.70. The van der Waals surface area contributed by atoms with E-state index in [9.17, 15) is 0 Å². The van der Waals surface area contributed by atoms with E-state index in [1.807, 2.05) is 0 Å². The molecule has 1 heterocycles. The third-order valence-electron chi connectivity index (χ3n) is 2.20. The summed E-state index contributed by atoms with van der Waals surface area (Å²) >= 11 is 0. The van der Waals surface area contributed by atoms with Crippen LogP contribution in [0.3, 0.4) is 0 Å². The second kappa shape index (κ2) is 3.64. The smallest absolute Gasteiger partial charge is 0.148 e. The SMILES string of the molecule is CC(C)c1c(N)n[nH]c1CC(C)(C)C. The van der Waals surface area contributed by atoms with Crippen LogP contribution < -0.4 is 5.73 Å². The first-order valence-electron chi connectivity index (χ1n) is 5.14. The molecule has 0 saturated carbocycles. The molecule has 0 bridgehead atoms. The topological polar surface area (TPSA) is 54.7 Å². The van der Waals surface area contributed by atoms with Crippen LogP contribution in [-0.4, -0.2) is 10.2 Å². The van der Waals surface area contributed by atoms with Gasteiger partial charge in [-0.25, -0.2) is 0 Å². The van der Waals surface area contributed by atoms with Crippen LogP contribution >= 0.6 is 0 Å². The van der Waals surface area contributed by atoms with Gasteiger partial charge in [-0.3, -0.25) is 5.10 Å². The molecule has 3 heteroatoms. The van der Waals surface area contributed by atoms with E-state index < -0.39 is 0 Å². The molecule has 0 spiro atoms. The Balaban J connectivity index is 2.98. The maximum atomic E-state index is 5.82. The normalized spacial score (nSPS) is 12.4. The van der Waals surface area contributed by atoms with E-state index in [4.69, 9.17) is 5.73 Å². The molecule has 0 fully saturated rings. The molecule has 0 radical (unpaired) electrons. The highest BCUT2D eigenvalue weighted by molar-refractivity contribution is 5.44. The zero-order valence-electron chi connectivity index (χ0n) is 9.81. The molecule has 0 aliphatic rings. The lowest BCUT2D eigenvalue weighted by molar-refractivity contribution is 0.404. The van der Waals surface area contributed by atoms with Crippen LogP contribution in [0.15, 0.2) is 0 Å². The average Bonchev–Trinajstić information content (AvgIpc) is 2.27. The maximum absolute atomic E-state index is 5.82. The van der Waals surface area contributed by atoms with E-state index >= 15 is 0 Å². The number of nitrogens with zero attached hydrogens (tertiary/aromatic N) is 1. The fourth-order valence-corrected chi connectivity index (χ4v) is 1.71.